The van der Waals surface area contributed by atoms with Crippen molar-refractivity contribution in [2.24, 2.45) is 0 Å². The number of hydrogen-bond donors (Lipinski definition) is 3. The number of rotatable bonds is 13. The van der Waals surface area contributed by atoms with Crippen molar-refractivity contribution in [1.29, 1.82) is 0 Å². The Morgan fingerprint density at radius 1 is 0.800 bits per heavy atom. The maximum Gasteiger partial charge on any atom is 0.246 e. The van der Waals surface area contributed by atoms with E-state index in [-0.39, 0.29) is 35.5 Å². The fourth-order valence-electron chi connectivity index (χ4n) is 6.41. The molecule has 5 atom stereocenters. The number of carbonyl (C=O) groups is 5. The van der Waals surface area contributed by atoms with Crippen molar-refractivity contribution in [2.45, 2.75) is 134 Å². The normalized spacial score (nSPS) is 22.8. The van der Waals surface area contributed by atoms with Gasteiger partial charge in [-0.2, -0.15) is 0 Å². The summed E-state index contributed by atoms with van der Waals surface area (Å²) in [6.07, 6.45) is 3.75. The number of carbonyl (C=O) groups excluding carboxylic acids is 5. The van der Waals surface area contributed by atoms with Gasteiger partial charge in [0.15, 0.2) is 14.1 Å². The van der Waals surface area contributed by atoms with Gasteiger partial charge in [0.05, 0.1) is 0 Å². The summed E-state index contributed by atoms with van der Waals surface area (Å²) in [6.45, 7) is 12.9. The van der Waals surface area contributed by atoms with Crippen LogP contribution in [0.3, 0.4) is 0 Å². The number of Topliss-reactive ketones (excluding diaryl/α,β-unsaturated/α-hetero) is 1. The zero-order chi connectivity index (χ0) is 36.5. The molecule has 4 amide bonds. The topological polar surface area (TPSA) is 134 Å². The summed E-state index contributed by atoms with van der Waals surface area (Å²) in [5.74, 6) is -1.51. The Kier molecular flexibility index (Phi) is 13.6. The lowest BCUT2D eigenvalue weighted by molar-refractivity contribution is -0.143. The maximum atomic E-state index is 14.0. The van der Waals surface area contributed by atoms with E-state index in [1.165, 1.54) is 0 Å². The van der Waals surface area contributed by atoms with Crippen LogP contribution < -0.4 is 16.0 Å². The van der Waals surface area contributed by atoms with Crippen LogP contribution in [0, 0.1) is 0 Å². The van der Waals surface area contributed by atoms with Gasteiger partial charge in [-0.3, -0.25) is 24.0 Å². The van der Waals surface area contributed by atoms with Crippen molar-refractivity contribution in [1.82, 2.24) is 20.9 Å². The second-order valence-electron chi connectivity index (χ2n) is 15.3. The average Bonchev–Trinajstić information content (AvgIpc) is 3.56. The molecule has 2 fully saturated rings. The minimum atomic E-state index is -2.07. The van der Waals surface area contributed by atoms with Gasteiger partial charge in [0, 0.05) is 25.8 Å². The summed E-state index contributed by atoms with van der Waals surface area (Å²) in [6, 6.07) is 15.3. The molecule has 2 aliphatic rings. The number of unbranched alkanes of at least 4 members (excludes halogenated alkanes) is 2. The molecule has 2 saturated heterocycles. The first-order valence-corrected chi connectivity index (χ1v) is 21.1. The van der Waals surface area contributed by atoms with Crippen LogP contribution in [-0.4, -0.2) is 79.4 Å². The first-order valence-electron chi connectivity index (χ1n) is 18.2. The van der Waals surface area contributed by atoms with Crippen molar-refractivity contribution in [2.75, 3.05) is 6.54 Å². The molecule has 3 N–H and O–H groups in total. The number of nitrogens with one attached hydrogen (secondary N) is 3. The SMILES string of the molecule is C[C@@H](O[Si](C)(C)C(C)(C)C)C(=O)CCCCC[C@@H]1NC(=O)[C@H]2CCCN2C(=O)[C@H](Cc2ccccc2)NC(=O)[C@H](Cc2ccccc2)NC1=O. The molecule has 0 unspecified atom stereocenters. The highest BCUT2D eigenvalue weighted by Gasteiger charge is 2.41. The van der Waals surface area contributed by atoms with Crippen LogP contribution in [0.5, 0.6) is 0 Å². The minimum absolute atomic E-state index is 0.00758. The Hall–Kier alpha value is -3.83. The summed E-state index contributed by atoms with van der Waals surface area (Å²) in [7, 11) is -2.07. The van der Waals surface area contributed by atoms with Gasteiger partial charge in [0.25, 0.3) is 0 Å². The van der Waals surface area contributed by atoms with Crippen molar-refractivity contribution in [3.05, 3.63) is 71.8 Å². The highest BCUT2D eigenvalue weighted by atomic mass is 28.4. The zero-order valence-corrected chi connectivity index (χ0v) is 31.6. The Bertz CT molecular complexity index is 1480. The van der Waals surface area contributed by atoms with Crippen LogP contribution >= 0.6 is 0 Å². The molecule has 11 heteroatoms. The summed E-state index contributed by atoms with van der Waals surface area (Å²) in [5, 5.41) is 8.81. The molecule has 272 valence electrons. The van der Waals surface area contributed by atoms with Gasteiger partial charge in [0.1, 0.15) is 30.3 Å². The van der Waals surface area contributed by atoms with Crippen LogP contribution in [0.4, 0.5) is 0 Å². The van der Waals surface area contributed by atoms with E-state index in [2.05, 4.69) is 49.8 Å². The minimum Gasteiger partial charge on any atom is -0.407 e. The van der Waals surface area contributed by atoms with E-state index in [1.807, 2.05) is 67.6 Å². The number of amides is 4. The number of nitrogens with zero attached hydrogens (tertiary/aromatic N) is 1. The van der Waals surface area contributed by atoms with E-state index in [9.17, 15) is 24.0 Å². The molecule has 0 bridgehead atoms. The predicted octanol–water partition coefficient (Wildman–Crippen LogP) is 4.86. The molecule has 0 spiro atoms. The number of benzene rings is 2. The Balaban J connectivity index is 1.47. The van der Waals surface area contributed by atoms with Gasteiger partial charge >= 0.3 is 0 Å². The lowest BCUT2D eigenvalue weighted by atomic mass is 10.00. The van der Waals surface area contributed by atoms with Crippen molar-refractivity contribution >= 4 is 37.7 Å². The second kappa shape index (κ2) is 17.4. The van der Waals surface area contributed by atoms with Crippen LogP contribution in [0.1, 0.15) is 83.8 Å². The maximum absolute atomic E-state index is 14.0. The van der Waals surface area contributed by atoms with E-state index in [0.29, 0.717) is 51.5 Å². The van der Waals surface area contributed by atoms with E-state index in [0.717, 1.165) is 11.1 Å². The summed E-state index contributed by atoms with van der Waals surface area (Å²) in [5.41, 5.74) is 1.73. The van der Waals surface area contributed by atoms with Crippen LogP contribution in [0.25, 0.3) is 0 Å². The van der Waals surface area contributed by atoms with Gasteiger partial charge in [-0.25, -0.2) is 0 Å². The number of ketones is 1. The Labute approximate surface area is 298 Å². The first kappa shape index (κ1) is 39.0. The van der Waals surface area contributed by atoms with E-state index >= 15 is 0 Å². The quantitative estimate of drug-likeness (QED) is 0.202. The lowest BCUT2D eigenvalue weighted by Gasteiger charge is -2.38. The first-order chi connectivity index (χ1) is 23.7. The van der Waals surface area contributed by atoms with Crippen molar-refractivity contribution in [3.8, 4) is 0 Å². The fourth-order valence-corrected chi connectivity index (χ4v) is 7.77. The molecule has 2 aromatic carbocycles. The molecule has 0 aliphatic carbocycles. The molecule has 0 saturated carbocycles. The molecular formula is C39H56N4O6Si. The fraction of sp³-hybridized carbons (Fsp3) is 0.564. The standard InChI is InChI=1S/C39H56N4O6Si/c1-27(49-50(5,6)39(2,3)4)34(44)23-15-9-14-21-30-35(45)41-31(25-28-17-10-7-11-18-28)36(46)42-32(26-29-19-12-8-13-20-29)38(48)43-24-16-22-33(43)37(47)40-30/h7-8,10-13,17-20,27,30-33H,9,14-16,21-26H2,1-6H3,(H,40,47)(H,41,45)(H,42,46)/t27-,30+,31+,32+,33-/m1/s1. The monoisotopic (exact) mass is 704 g/mol. The Morgan fingerprint density at radius 2 is 1.34 bits per heavy atom. The van der Waals surface area contributed by atoms with Crippen LogP contribution in [0.15, 0.2) is 60.7 Å². The summed E-state index contributed by atoms with van der Waals surface area (Å²) >= 11 is 0. The molecule has 2 aliphatic heterocycles. The largest absolute Gasteiger partial charge is 0.407 e. The Morgan fingerprint density at radius 3 is 1.94 bits per heavy atom. The van der Waals surface area contributed by atoms with Gasteiger partial charge in [-0.15, -0.1) is 0 Å². The van der Waals surface area contributed by atoms with Crippen LogP contribution in [-0.2, 0) is 41.2 Å². The lowest BCUT2D eigenvalue weighted by Crippen LogP contribution is -2.61. The van der Waals surface area contributed by atoms with Crippen LogP contribution in [0.2, 0.25) is 18.1 Å². The van der Waals surface area contributed by atoms with Gasteiger partial charge in [0.2, 0.25) is 23.6 Å². The molecule has 50 heavy (non-hydrogen) atoms. The molecule has 4 rings (SSSR count). The van der Waals surface area contributed by atoms with Crippen molar-refractivity contribution < 1.29 is 28.4 Å². The molecule has 0 aromatic heterocycles. The third-order valence-electron chi connectivity index (χ3n) is 10.4. The van der Waals surface area contributed by atoms with Gasteiger partial charge in [-0.1, -0.05) is 94.3 Å². The van der Waals surface area contributed by atoms with Gasteiger partial charge in [-0.05, 0) is 61.9 Å². The van der Waals surface area contributed by atoms with E-state index in [1.54, 1.807) is 4.90 Å². The molecular weight excluding hydrogens is 649 g/mol. The van der Waals surface area contributed by atoms with E-state index < -0.39 is 50.4 Å². The third kappa shape index (κ3) is 10.6. The summed E-state index contributed by atoms with van der Waals surface area (Å²) in [4.78, 5) is 70.0. The highest BCUT2D eigenvalue weighted by Crippen LogP contribution is 2.37. The number of hydrogen-bond acceptors (Lipinski definition) is 6. The predicted molar refractivity (Wildman–Crippen MR) is 197 cm³/mol. The highest BCUT2D eigenvalue weighted by molar-refractivity contribution is 6.74. The third-order valence-corrected chi connectivity index (χ3v) is 15.0. The van der Waals surface area contributed by atoms with Gasteiger partial charge < -0.3 is 25.3 Å². The number of fused-ring (bicyclic) bond motifs is 1. The molecule has 0 radical (unpaired) electrons. The molecule has 2 aromatic rings. The molecule has 10 nitrogen and oxygen atoms in total. The van der Waals surface area contributed by atoms with E-state index in [4.69, 9.17) is 4.43 Å². The zero-order valence-electron chi connectivity index (χ0n) is 30.6. The second-order valence-corrected chi connectivity index (χ2v) is 20.1. The molecule has 2 heterocycles. The average molecular weight is 705 g/mol. The smallest absolute Gasteiger partial charge is 0.246 e. The summed E-state index contributed by atoms with van der Waals surface area (Å²) < 4.78 is 6.28. The van der Waals surface area contributed by atoms with Crippen molar-refractivity contribution in [3.63, 3.8) is 0 Å².